The van der Waals surface area contributed by atoms with Crippen molar-refractivity contribution < 1.29 is 14.3 Å². The van der Waals surface area contributed by atoms with Crippen LogP contribution in [0, 0.1) is 0 Å². The summed E-state index contributed by atoms with van der Waals surface area (Å²) in [6.45, 7) is 3.14. The lowest BCUT2D eigenvalue weighted by atomic mass is 9.98. The van der Waals surface area contributed by atoms with E-state index >= 15 is 0 Å². The van der Waals surface area contributed by atoms with E-state index in [1.54, 1.807) is 30.5 Å². The van der Waals surface area contributed by atoms with Crippen molar-refractivity contribution in [3.63, 3.8) is 0 Å². The lowest BCUT2D eigenvalue weighted by Crippen LogP contribution is -2.55. The number of rotatable bonds is 6. The van der Waals surface area contributed by atoms with E-state index in [0.29, 0.717) is 6.54 Å². The number of ether oxygens (including phenoxy) is 1. The largest absolute Gasteiger partial charge is 0.356 e. The number of nitrogens with zero attached hydrogens (tertiary/aromatic N) is 5. The molecule has 1 saturated heterocycles. The van der Waals surface area contributed by atoms with Crippen LogP contribution in [0.5, 0.6) is 0 Å². The molecule has 2 aliphatic rings. The summed E-state index contributed by atoms with van der Waals surface area (Å²) in [5.41, 5.74) is 0.823. The third-order valence-electron chi connectivity index (χ3n) is 5.37. The van der Waals surface area contributed by atoms with E-state index < -0.39 is 12.1 Å². The summed E-state index contributed by atoms with van der Waals surface area (Å²) in [4.78, 5) is 37.9. The first-order chi connectivity index (χ1) is 13.6. The van der Waals surface area contributed by atoms with Gasteiger partial charge in [0.1, 0.15) is 12.4 Å². The van der Waals surface area contributed by atoms with Gasteiger partial charge in [-0.1, -0.05) is 6.07 Å². The van der Waals surface area contributed by atoms with Crippen LogP contribution in [0.15, 0.2) is 36.9 Å². The number of aromatic nitrogens is 3. The Morgan fingerprint density at radius 3 is 2.86 bits per heavy atom. The maximum atomic E-state index is 13.3. The van der Waals surface area contributed by atoms with Crippen molar-refractivity contribution in [3.05, 3.63) is 48.3 Å². The fourth-order valence-corrected chi connectivity index (χ4v) is 3.79. The Morgan fingerprint density at radius 2 is 2.18 bits per heavy atom. The predicted octanol–water partition coefficient (Wildman–Crippen LogP) is 1.39. The summed E-state index contributed by atoms with van der Waals surface area (Å²) < 4.78 is 7.79. The topological polar surface area (TPSA) is 80.6 Å². The Balaban J connectivity index is 1.60. The highest BCUT2D eigenvalue weighted by molar-refractivity contribution is 5.86. The maximum Gasteiger partial charge on any atom is 0.254 e. The van der Waals surface area contributed by atoms with Crippen LogP contribution in [0.3, 0.4) is 0 Å². The Labute approximate surface area is 164 Å². The molecule has 2 fully saturated rings. The zero-order chi connectivity index (χ0) is 19.7. The first kappa shape index (κ1) is 18.6. The van der Waals surface area contributed by atoms with Gasteiger partial charge in [-0.2, -0.15) is 0 Å². The van der Waals surface area contributed by atoms with Gasteiger partial charge in [0, 0.05) is 44.4 Å². The van der Waals surface area contributed by atoms with E-state index in [2.05, 4.69) is 9.97 Å². The van der Waals surface area contributed by atoms with Crippen LogP contribution in [0.4, 0.5) is 0 Å². The third kappa shape index (κ3) is 3.52. The molecule has 8 nitrogen and oxygen atoms in total. The SMILES string of the molecule is CCn1ccnc1CN(C)C(=O)C1OCC(=O)N(C2CC2)C1c1cccnc1. The molecule has 0 radical (unpaired) electrons. The smallest absolute Gasteiger partial charge is 0.254 e. The molecule has 0 N–H and O–H groups in total. The highest BCUT2D eigenvalue weighted by atomic mass is 16.5. The molecule has 148 valence electrons. The van der Waals surface area contributed by atoms with Gasteiger partial charge in [0.05, 0.1) is 12.6 Å². The predicted molar refractivity (Wildman–Crippen MR) is 101 cm³/mol. The highest BCUT2D eigenvalue weighted by Gasteiger charge is 2.48. The Morgan fingerprint density at radius 1 is 1.36 bits per heavy atom. The molecule has 2 atom stereocenters. The van der Waals surface area contributed by atoms with Gasteiger partial charge in [0.2, 0.25) is 5.91 Å². The fourth-order valence-electron chi connectivity index (χ4n) is 3.79. The summed E-state index contributed by atoms with van der Waals surface area (Å²) in [5, 5.41) is 0. The van der Waals surface area contributed by atoms with Crippen molar-refractivity contribution in [3.8, 4) is 0 Å². The molecule has 0 bridgehead atoms. The second-order valence-corrected chi connectivity index (χ2v) is 7.32. The molecule has 2 amide bonds. The molecule has 3 heterocycles. The molecule has 1 saturated carbocycles. The van der Waals surface area contributed by atoms with E-state index in [-0.39, 0.29) is 24.5 Å². The zero-order valence-electron chi connectivity index (χ0n) is 16.2. The second kappa shape index (κ2) is 7.71. The van der Waals surface area contributed by atoms with Gasteiger partial charge in [-0.15, -0.1) is 0 Å². The molecule has 28 heavy (non-hydrogen) atoms. The van der Waals surface area contributed by atoms with Gasteiger partial charge in [0.15, 0.2) is 6.10 Å². The van der Waals surface area contributed by atoms with Crippen LogP contribution >= 0.6 is 0 Å². The van der Waals surface area contributed by atoms with Crippen LogP contribution in [-0.2, 0) is 27.4 Å². The molecule has 0 spiro atoms. The van der Waals surface area contributed by atoms with Gasteiger partial charge in [-0.25, -0.2) is 4.98 Å². The van der Waals surface area contributed by atoms with E-state index in [0.717, 1.165) is 30.8 Å². The van der Waals surface area contributed by atoms with Crippen molar-refractivity contribution in [1.82, 2.24) is 24.3 Å². The van der Waals surface area contributed by atoms with Crippen molar-refractivity contribution in [2.45, 2.75) is 51.0 Å². The summed E-state index contributed by atoms with van der Waals surface area (Å²) in [5.74, 6) is 0.601. The van der Waals surface area contributed by atoms with E-state index in [1.807, 2.05) is 34.7 Å². The van der Waals surface area contributed by atoms with Crippen molar-refractivity contribution in [2.24, 2.45) is 0 Å². The van der Waals surface area contributed by atoms with Crippen molar-refractivity contribution in [2.75, 3.05) is 13.7 Å². The standard InChI is InChI=1S/C20H25N5O3/c1-3-24-10-9-22-16(24)12-23(2)20(27)19-18(14-5-4-8-21-11-14)25(15-6-7-15)17(26)13-28-19/h4-5,8-11,15,18-19H,3,6-7,12-13H2,1-2H3. The molecule has 8 heteroatoms. The molecule has 2 aromatic rings. The Bertz CT molecular complexity index is 849. The average Bonchev–Trinajstić information content (AvgIpc) is 3.46. The van der Waals surface area contributed by atoms with Gasteiger partial charge in [0.25, 0.3) is 5.91 Å². The van der Waals surface area contributed by atoms with Crippen LogP contribution in [-0.4, -0.2) is 61.9 Å². The molecule has 0 aromatic carbocycles. The number of morpholine rings is 1. The molecule has 1 aliphatic carbocycles. The monoisotopic (exact) mass is 383 g/mol. The number of carbonyl (C=O) groups excluding carboxylic acids is 2. The quantitative estimate of drug-likeness (QED) is 0.753. The highest BCUT2D eigenvalue weighted by Crippen LogP contribution is 2.39. The van der Waals surface area contributed by atoms with Gasteiger partial charge < -0.3 is 19.1 Å². The summed E-state index contributed by atoms with van der Waals surface area (Å²) in [6.07, 6.45) is 8.21. The van der Waals surface area contributed by atoms with Crippen LogP contribution in [0.1, 0.15) is 37.2 Å². The number of likely N-dealkylation sites (N-methyl/N-ethyl adjacent to an activating group) is 1. The maximum absolute atomic E-state index is 13.3. The Kier molecular flexibility index (Phi) is 5.13. The van der Waals surface area contributed by atoms with Crippen LogP contribution in [0.25, 0.3) is 0 Å². The second-order valence-electron chi connectivity index (χ2n) is 7.32. The van der Waals surface area contributed by atoms with Crippen molar-refractivity contribution in [1.29, 1.82) is 0 Å². The zero-order valence-corrected chi connectivity index (χ0v) is 16.2. The average molecular weight is 383 g/mol. The summed E-state index contributed by atoms with van der Waals surface area (Å²) in [6, 6.07) is 3.45. The normalized spacial score (nSPS) is 22.4. The van der Waals surface area contributed by atoms with Crippen molar-refractivity contribution >= 4 is 11.8 Å². The van der Waals surface area contributed by atoms with Gasteiger partial charge >= 0.3 is 0 Å². The van der Waals surface area contributed by atoms with Crippen LogP contribution in [0.2, 0.25) is 0 Å². The van der Waals surface area contributed by atoms with E-state index in [9.17, 15) is 9.59 Å². The number of aryl methyl sites for hydroxylation is 1. The Hall–Kier alpha value is -2.74. The molecule has 4 rings (SSSR count). The van der Waals surface area contributed by atoms with E-state index in [4.69, 9.17) is 4.74 Å². The number of amides is 2. The number of pyridine rings is 1. The molecular weight excluding hydrogens is 358 g/mol. The van der Waals surface area contributed by atoms with Crippen LogP contribution < -0.4 is 0 Å². The molecule has 2 aromatic heterocycles. The fraction of sp³-hybridized carbons (Fsp3) is 0.500. The molecule has 1 aliphatic heterocycles. The molecular formula is C20H25N5O3. The lowest BCUT2D eigenvalue weighted by Gasteiger charge is -2.41. The number of carbonyl (C=O) groups is 2. The number of hydrogen-bond acceptors (Lipinski definition) is 5. The number of imidazole rings is 1. The summed E-state index contributed by atoms with van der Waals surface area (Å²) >= 11 is 0. The summed E-state index contributed by atoms with van der Waals surface area (Å²) in [7, 11) is 1.75. The van der Waals surface area contributed by atoms with Gasteiger partial charge in [-0.3, -0.25) is 14.6 Å². The number of hydrogen-bond donors (Lipinski definition) is 0. The van der Waals surface area contributed by atoms with E-state index in [1.165, 1.54) is 0 Å². The first-order valence-corrected chi connectivity index (χ1v) is 9.67. The third-order valence-corrected chi connectivity index (χ3v) is 5.37. The minimum absolute atomic E-state index is 0.0652. The molecule has 2 unspecified atom stereocenters. The van der Waals surface area contributed by atoms with Gasteiger partial charge in [-0.05, 0) is 31.4 Å². The minimum Gasteiger partial charge on any atom is -0.356 e. The minimum atomic E-state index is -0.752. The first-order valence-electron chi connectivity index (χ1n) is 9.67. The lowest BCUT2D eigenvalue weighted by molar-refractivity contribution is -0.170.